The summed E-state index contributed by atoms with van der Waals surface area (Å²) in [5, 5.41) is 1.06. The second-order valence-corrected chi connectivity index (χ2v) is 5.69. The largest absolute Gasteiger partial charge is 0.364 e. The number of nitrogens with two attached hydrogens (primary N) is 1. The molecule has 0 aliphatic rings. The van der Waals surface area contributed by atoms with Crippen molar-refractivity contribution < 1.29 is 4.79 Å². The molecule has 6 nitrogen and oxygen atoms in total. The zero-order valence-electron chi connectivity index (χ0n) is 12.9. The van der Waals surface area contributed by atoms with Crippen LogP contribution in [0.2, 0.25) is 0 Å². The van der Waals surface area contributed by atoms with E-state index in [4.69, 9.17) is 5.73 Å². The molecule has 117 valence electrons. The Morgan fingerprint density at radius 1 is 1.30 bits per heavy atom. The maximum atomic E-state index is 12.2. The van der Waals surface area contributed by atoms with Crippen molar-refractivity contribution in [2.45, 2.75) is 6.54 Å². The summed E-state index contributed by atoms with van der Waals surface area (Å²) in [6, 6.07) is 12.1. The SMILES string of the molecule is CN(C)Cc1cccc2[nH]c(-c3c[c]c(C(N)=O)[nH]c3=O)cc12. The van der Waals surface area contributed by atoms with Gasteiger partial charge in [-0.1, -0.05) is 12.1 Å². The van der Waals surface area contributed by atoms with Gasteiger partial charge in [0.1, 0.15) is 5.69 Å². The van der Waals surface area contributed by atoms with Crippen molar-refractivity contribution in [3.8, 4) is 11.3 Å². The van der Waals surface area contributed by atoms with Gasteiger partial charge in [-0.05, 0) is 37.9 Å². The second-order valence-electron chi connectivity index (χ2n) is 5.69. The second kappa shape index (κ2) is 5.73. The van der Waals surface area contributed by atoms with Crippen LogP contribution in [0, 0.1) is 6.07 Å². The minimum Gasteiger partial charge on any atom is -0.364 e. The first-order valence-corrected chi connectivity index (χ1v) is 7.16. The molecule has 0 fully saturated rings. The first kappa shape index (κ1) is 15.1. The maximum absolute atomic E-state index is 12.2. The smallest absolute Gasteiger partial charge is 0.265 e. The number of amides is 1. The van der Waals surface area contributed by atoms with Gasteiger partial charge in [-0.2, -0.15) is 0 Å². The molecular formula is C17H17N4O2. The number of hydrogen-bond donors (Lipinski definition) is 3. The van der Waals surface area contributed by atoms with E-state index in [0.717, 1.165) is 17.4 Å². The highest BCUT2D eigenvalue weighted by molar-refractivity contribution is 5.91. The predicted molar refractivity (Wildman–Crippen MR) is 89.1 cm³/mol. The summed E-state index contributed by atoms with van der Waals surface area (Å²) in [4.78, 5) is 31.0. The molecule has 0 atom stereocenters. The third kappa shape index (κ3) is 2.89. The molecule has 1 amide bonds. The van der Waals surface area contributed by atoms with Gasteiger partial charge in [-0.25, -0.2) is 0 Å². The molecule has 23 heavy (non-hydrogen) atoms. The topological polar surface area (TPSA) is 95.0 Å². The Bertz CT molecular complexity index is 937. The van der Waals surface area contributed by atoms with Gasteiger partial charge in [-0.3, -0.25) is 9.59 Å². The lowest BCUT2D eigenvalue weighted by atomic mass is 10.1. The van der Waals surface area contributed by atoms with E-state index in [9.17, 15) is 9.59 Å². The van der Waals surface area contributed by atoms with Gasteiger partial charge in [-0.15, -0.1) is 0 Å². The molecule has 2 heterocycles. The van der Waals surface area contributed by atoms with Gasteiger partial charge in [0.25, 0.3) is 11.5 Å². The standard InChI is InChI=1S/C17H17N4O2/c1-21(2)9-10-4-3-5-13-12(10)8-15(19-13)11-6-7-14(16(18)22)20-17(11)23/h3-6,8,19H,9H2,1-2H3,(H2,18,22)(H,20,23). The Hall–Kier alpha value is -2.86. The van der Waals surface area contributed by atoms with E-state index in [2.05, 4.69) is 27.0 Å². The van der Waals surface area contributed by atoms with Crippen LogP contribution in [0.15, 0.2) is 35.1 Å². The quantitative estimate of drug-likeness (QED) is 0.681. The van der Waals surface area contributed by atoms with Gasteiger partial charge in [0.05, 0.1) is 11.3 Å². The zero-order valence-corrected chi connectivity index (χ0v) is 12.9. The number of hydrogen-bond acceptors (Lipinski definition) is 3. The maximum Gasteiger partial charge on any atom is 0.265 e. The van der Waals surface area contributed by atoms with Gasteiger partial charge < -0.3 is 20.6 Å². The van der Waals surface area contributed by atoms with Crippen LogP contribution < -0.4 is 11.3 Å². The molecule has 0 saturated carbocycles. The minimum absolute atomic E-state index is 0.0249. The lowest BCUT2D eigenvalue weighted by molar-refractivity contribution is 0.0995. The van der Waals surface area contributed by atoms with Crippen molar-refractivity contribution in [3.63, 3.8) is 0 Å². The normalized spacial score (nSPS) is 11.3. The van der Waals surface area contributed by atoms with Crippen LogP contribution in [0.1, 0.15) is 16.1 Å². The fraction of sp³-hybridized carbons (Fsp3) is 0.176. The van der Waals surface area contributed by atoms with Crippen molar-refractivity contribution in [2.24, 2.45) is 5.73 Å². The van der Waals surface area contributed by atoms with Crippen LogP contribution in [0.3, 0.4) is 0 Å². The van der Waals surface area contributed by atoms with Crippen LogP contribution in [-0.2, 0) is 6.54 Å². The van der Waals surface area contributed by atoms with Gasteiger partial charge in [0, 0.05) is 23.5 Å². The average Bonchev–Trinajstić information content (AvgIpc) is 2.91. The Labute approximate surface area is 132 Å². The van der Waals surface area contributed by atoms with Crippen molar-refractivity contribution in [1.82, 2.24) is 14.9 Å². The zero-order chi connectivity index (χ0) is 16.6. The molecule has 1 radical (unpaired) electrons. The molecule has 6 heteroatoms. The molecular weight excluding hydrogens is 292 g/mol. The van der Waals surface area contributed by atoms with Gasteiger partial charge in [0.2, 0.25) is 0 Å². The lowest BCUT2D eigenvalue weighted by Crippen LogP contribution is -2.19. The molecule has 0 unspecified atom stereocenters. The third-order valence-corrected chi connectivity index (χ3v) is 3.62. The fourth-order valence-electron chi connectivity index (χ4n) is 2.60. The van der Waals surface area contributed by atoms with E-state index < -0.39 is 5.91 Å². The lowest BCUT2D eigenvalue weighted by Gasteiger charge is -2.10. The van der Waals surface area contributed by atoms with Crippen LogP contribution >= 0.6 is 0 Å². The number of nitrogens with zero attached hydrogens (tertiary/aromatic N) is 1. The van der Waals surface area contributed by atoms with E-state index in [1.54, 1.807) is 0 Å². The third-order valence-electron chi connectivity index (χ3n) is 3.62. The highest BCUT2D eigenvalue weighted by atomic mass is 16.1. The number of carbonyl (C=O) groups excluding carboxylic acids is 1. The molecule has 0 spiro atoms. The van der Waals surface area contributed by atoms with E-state index in [1.165, 1.54) is 11.6 Å². The summed E-state index contributed by atoms with van der Waals surface area (Å²) < 4.78 is 0. The number of nitrogens with one attached hydrogen (secondary N) is 2. The van der Waals surface area contributed by atoms with E-state index in [-0.39, 0.29) is 11.3 Å². The molecule has 0 aliphatic heterocycles. The Balaban J connectivity index is 2.11. The Kier molecular flexibility index (Phi) is 3.75. The fourth-order valence-corrected chi connectivity index (χ4v) is 2.60. The number of H-pyrrole nitrogens is 2. The van der Waals surface area contributed by atoms with E-state index in [1.807, 2.05) is 32.3 Å². The summed E-state index contributed by atoms with van der Waals surface area (Å²) in [6.45, 7) is 0.803. The molecule has 3 rings (SSSR count). The molecule has 0 saturated heterocycles. The molecule has 2 aromatic heterocycles. The number of aromatic amines is 2. The molecule has 0 bridgehead atoms. The monoisotopic (exact) mass is 309 g/mol. The van der Waals surface area contributed by atoms with Crippen molar-refractivity contribution in [3.05, 3.63) is 58.0 Å². The van der Waals surface area contributed by atoms with Crippen LogP contribution in [-0.4, -0.2) is 34.9 Å². The summed E-state index contributed by atoms with van der Waals surface area (Å²) in [6.07, 6.45) is 0. The Morgan fingerprint density at radius 3 is 2.74 bits per heavy atom. The minimum atomic E-state index is -0.710. The number of benzene rings is 1. The van der Waals surface area contributed by atoms with Crippen LogP contribution in [0.4, 0.5) is 0 Å². The molecule has 3 aromatic rings. The molecule has 4 N–H and O–H groups in total. The summed E-state index contributed by atoms with van der Waals surface area (Å²) in [5.41, 5.74) is 7.97. The highest BCUT2D eigenvalue weighted by Gasteiger charge is 2.12. The van der Waals surface area contributed by atoms with Crippen LogP contribution in [0.5, 0.6) is 0 Å². The number of aromatic nitrogens is 2. The molecule has 0 aliphatic carbocycles. The number of primary amides is 1. The molecule has 1 aromatic carbocycles. The van der Waals surface area contributed by atoms with Crippen molar-refractivity contribution in [2.75, 3.05) is 14.1 Å². The number of fused-ring (bicyclic) bond motifs is 1. The number of pyridine rings is 1. The van der Waals surface area contributed by atoms with Crippen molar-refractivity contribution >= 4 is 16.8 Å². The summed E-state index contributed by atoms with van der Waals surface area (Å²) in [5.74, 6) is -0.710. The van der Waals surface area contributed by atoms with Gasteiger partial charge in [0.15, 0.2) is 0 Å². The first-order valence-electron chi connectivity index (χ1n) is 7.16. The number of carbonyl (C=O) groups is 1. The van der Waals surface area contributed by atoms with E-state index >= 15 is 0 Å². The van der Waals surface area contributed by atoms with Crippen molar-refractivity contribution in [1.29, 1.82) is 0 Å². The Morgan fingerprint density at radius 2 is 2.09 bits per heavy atom. The summed E-state index contributed by atoms with van der Waals surface area (Å²) >= 11 is 0. The van der Waals surface area contributed by atoms with Gasteiger partial charge >= 0.3 is 0 Å². The predicted octanol–water partition coefficient (Wildman–Crippen LogP) is 1.48. The van der Waals surface area contributed by atoms with Crippen LogP contribution in [0.25, 0.3) is 22.2 Å². The summed E-state index contributed by atoms with van der Waals surface area (Å²) in [7, 11) is 4.02. The number of rotatable bonds is 4. The average molecular weight is 309 g/mol. The van der Waals surface area contributed by atoms with E-state index in [0.29, 0.717) is 11.3 Å². The first-order chi connectivity index (χ1) is 11.0. The highest BCUT2D eigenvalue weighted by Crippen LogP contribution is 2.25.